The van der Waals surface area contributed by atoms with Crippen LogP contribution in [-0.2, 0) is 14.4 Å². The zero-order valence-corrected chi connectivity index (χ0v) is 11.4. The highest BCUT2D eigenvalue weighted by Gasteiger charge is 2.37. The van der Waals surface area contributed by atoms with Crippen LogP contribution in [0.5, 0.6) is 0 Å². The first-order valence-electron chi connectivity index (χ1n) is 6.36. The Hall–Kier alpha value is -2.70. The van der Waals surface area contributed by atoms with Crippen LogP contribution in [0.1, 0.15) is 18.5 Å². The summed E-state index contributed by atoms with van der Waals surface area (Å²) in [5.74, 6) is -0.403. The van der Waals surface area contributed by atoms with Crippen LogP contribution in [-0.4, -0.2) is 52.6 Å². The largest absolute Gasteiger partial charge is 0.345 e. The van der Waals surface area contributed by atoms with E-state index in [1.54, 1.807) is 36.6 Å². The number of hydrogen-bond donors (Lipinski definition) is 0. The zero-order valence-electron chi connectivity index (χ0n) is 11.4. The average Bonchev–Trinajstić information content (AvgIpc) is 2.87. The van der Waals surface area contributed by atoms with Gasteiger partial charge >= 0.3 is 6.03 Å². The molecule has 0 spiro atoms. The Morgan fingerprint density at radius 2 is 2.00 bits per heavy atom. The number of hydrazine groups is 1. The summed E-state index contributed by atoms with van der Waals surface area (Å²) in [6, 6.07) is 6.89. The Labute approximate surface area is 121 Å². The Morgan fingerprint density at radius 3 is 2.48 bits per heavy atom. The third-order valence-corrected chi connectivity index (χ3v) is 3.25. The van der Waals surface area contributed by atoms with Crippen LogP contribution in [0.3, 0.4) is 0 Å². The summed E-state index contributed by atoms with van der Waals surface area (Å²) in [6.45, 7) is 1.61. The summed E-state index contributed by atoms with van der Waals surface area (Å²) in [7, 11) is 0. The van der Waals surface area contributed by atoms with Crippen molar-refractivity contribution in [2.45, 2.75) is 13.0 Å². The van der Waals surface area contributed by atoms with Gasteiger partial charge in [0.15, 0.2) is 0 Å². The molecule has 1 saturated heterocycles. The summed E-state index contributed by atoms with van der Waals surface area (Å²) >= 11 is 0. The second-order valence-electron chi connectivity index (χ2n) is 4.49. The smallest absolute Gasteiger partial charge is 0.288 e. The van der Waals surface area contributed by atoms with Crippen LogP contribution >= 0.6 is 0 Å². The maximum Gasteiger partial charge on any atom is 0.345 e. The molecule has 1 atom stereocenters. The maximum absolute atomic E-state index is 12.1. The fourth-order valence-corrected chi connectivity index (χ4v) is 2.20. The van der Waals surface area contributed by atoms with Gasteiger partial charge in [-0.2, -0.15) is 0 Å². The molecule has 0 N–H and O–H groups in total. The lowest BCUT2D eigenvalue weighted by Gasteiger charge is -2.31. The van der Waals surface area contributed by atoms with Crippen molar-refractivity contribution < 1.29 is 19.2 Å². The molecule has 21 heavy (non-hydrogen) atoms. The van der Waals surface area contributed by atoms with Gasteiger partial charge in [0.05, 0.1) is 13.1 Å². The zero-order chi connectivity index (χ0) is 15.4. The predicted molar refractivity (Wildman–Crippen MR) is 72.3 cm³/mol. The Morgan fingerprint density at radius 1 is 1.33 bits per heavy atom. The minimum atomic E-state index is -1.03. The topological polar surface area (TPSA) is 78.0 Å². The number of nitrogens with zero attached hydrogens (tertiary/aromatic N) is 3. The van der Waals surface area contributed by atoms with E-state index in [1.165, 1.54) is 6.92 Å². The van der Waals surface area contributed by atoms with E-state index in [9.17, 15) is 19.2 Å². The lowest BCUT2D eigenvalue weighted by Crippen LogP contribution is -2.47. The van der Waals surface area contributed by atoms with Crippen LogP contribution in [0.4, 0.5) is 4.79 Å². The normalized spacial score (nSPS) is 15.8. The summed E-state index contributed by atoms with van der Waals surface area (Å²) in [4.78, 5) is 47.0. The van der Waals surface area contributed by atoms with Crippen molar-refractivity contribution >= 4 is 24.6 Å². The molecule has 1 radical (unpaired) electrons. The first-order chi connectivity index (χ1) is 10.1. The molecule has 0 aromatic heterocycles. The number of carbonyl (C=O) groups is 3. The lowest BCUT2D eigenvalue weighted by molar-refractivity contribution is -0.132. The van der Waals surface area contributed by atoms with Crippen molar-refractivity contribution in [2.24, 2.45) is 0 Å². The van der Waals surface area contributed by atoms with Crippen LogP contribution in [0.2, 0.25) is 0 Å². The molecule has 7 heteroatoms. The van der Waals surface area contributed by atoms with Crippen molar-refractivity contribution in [1.29, 1.82) is 0 Å². The fourth-order valence-electron chi connectivity index (χ4n) is 2.20. The molecule has 1 aromatic carbocycles. The minimum absolute atomic E-state index is 0.155. The van der Waals surface area contributed by atoms with Gasteiger partial charge in [0.1, 0.15) is 6.04 Å². The summed E-state index contributed by atoms with van der Waals surface area (Å²) in [6.07, 6.45) is 2.15. The van der Waals surface area contributed by atoms with Gasteiger partial charge in [-0.25, -0.2) is 14.8 Å². The van der Waals surface area contributed by atoms with Gasteiger partial charge in [-0.1, -0.05) is 30.3 Å². The average molecular weight is 288 g/mol. The van der Waals surface area contributed by atoms with Crippen LogP contribution in [0.25, 0.3) is 0 Å². The lowest BCUT2D eigenvalue weighted by atomic mass is 10.1. The fraction of sp³-hybridized carbons (Fsp3) is 0.286. The van der Waals surface area contributed by atoms with Gasteiger partial charge in [-0.3, -0.25) is 19.3 Å². The third kappa shape index (κ3) is 2.76. The van der Waals surface area contributed by atoms with Crippen molar-refractivity contribution in [3.8, 4) is 0 Å². The van der Waals surface area contributed by atoms with Gasteiger partial charge in [0, 0.05) is 6.92 Å². The molecule has 0 saturated carbocycles. The van der Waals surface area contributed by atoms with E-state index >= 15 is 0 Å². The van der Waals surface area contributed by atoms with Gasteiger partial charge in [-0.05, 0) is 5.56 Å². The SMILES string of the molecule is CC(=O)N1CCN(N(C=O)C([C]=O)c2ccccc2)C1=O. The molecular formula is C14H14N3O4. The van der Waals surface area contributed by atoms with E-state index < -0.39 is 18.0 Å². The summed E-state index contributed by atoms with van der Waals surface area (Å²) in [5.41, 5.74) is 0.536. The summed E-state index contributed by atoms with van der Waals surface area (Å²) in [5, 5.41) is 2.05. The Balaban J connectivity index is 2.27. The Bertz CT molecular complexity index is 561. The summed E-state index contributed by atoms with van der Waals surface area (Å²) < 4.78 is 0. The molecule has 0 bridgehead atoms. The highest BCUT2D eigenvalue weighted by Crippen LogP contribution is 2.22. The van der Waals surface area contributed by atoms with Crippen molar-refractivity contribution in [1.82, 2.24) is 14.9 Å². The second kappa shape index (κ2) is 6.17. The van der Waals surface area contributed by atoms with E-state index in [2.05, 4.69) is 0 Å². The van der Waals surface area contributed by atoms with E-state index in [0.29, 0.717) is 12.0 Å². The standard InChI is InChI=1S/C14H14N3O4/c1-11(20)15-7-8-16(14(15)21)17(10-19)13(9-18)12-5-3-2-4-6-12/h2-6,10,13H,7-8H2,1H3. The number of rotatable bonds is 5. The predicted octanol–water partition coefficient (Wildman–Crippen LogP) is 0.495. The molecular weight excluding hydrogens is 274 g/mol. The number of imide groups is 1. The second-order valence-corrected chi connectivity index (χ2v) is 4.49. The monoisotopic (exact) mass is 288 g/mol. The molecule has 1 aliphatic rings. The third-order valence-electron chi connectivity index (χ3n) is 3.25. The first kappa shape index (κ1) is 14.7. The van der Waals surface area contributed by atoms with E-state index in [-0.39, 0.29) is 13.1 Å². The van der Waals surface area contributed by atoms with Crippen molar-refractivity contribution in [2.75, 3.05) is 13.1 Å². The van der Waals surface area contributed by atoms with Gasteiger partial charge in [-0.15, -0.1) is 0 Å². The van der Waals surface area contributed by atoms with E-state index in [0.717, 1.165) is 14.9 Å². The van der Waals surface area contributed by atoms with Crippen LogP contribution in [0, 0.1) is 0 Å². The number of benzene rings is 1. The molecule has 2 rings (SSSR count). The van der Waals surface area contributed by atoms with Crippen LogP contribution in [0.15, 0.2) is 30.3 Å². The van der Waals surface area contributed by atoms with Crippen LogP contribution < -0.4 is 0 Å². The van der Waals surface area contributed by atoms with Crippen molar-refractivity contribution in [3.63, 3.8) is 0 Å². The highest BCUT2D eigenvalue weighted by molar-refractivity contribution is 5.95. The van der Waals surface area contributed by atoms with E-state index in [4.69, 9.17) is 0 Å². The van der Waals surface area contributed by atoms with Gasteiger partial charge < -0.3 is 0 Å². The first-order valence-corrected chi connectivity index (χ1v) is 6.36. The molecule has 0 aliphatic carbocycles. The highest BCUT2D eigenvalue weighted by atomic mass is 16.2. The molecule has 4 amide bonds. The Kier molecular flexibility index (Phi) is 4.32. The quantitative estimate of drug-likeness (QED) is 0.739. The van der Waals surface area contributed by atoms with Crippen molar-refractivity contribution in [3.05, 3.63) is 35.9 Å². The van der Waals surface area contributed by atoms with E-state index in [1.807, 2.05) is 0 Å². The minimum Gasteiger partial charge on any atom is -0.288 e. The number of hydrogen-bond acceptors (Lipinski definition) is 4. The molecule has 1 aliphatic heterocycles. The molecule has 1 aromatic rings. The number of carbonyl (C=O) groups excluding carboxylic acids is 4. The van der Waals surface area contributed by atoms with Gasteiger partial charge in [0.25, 0.3) is 0 Å². The maximum atomic E-state index is 12.1. The van der Waals surface area contributed by atoms with Gasteiger partial charge in [0.2, 0.25) is 18.6 Å². The number of urea groups is 1. The molecule has 109 valence electrons. The molecule has 1 heterocycles. The molecule has 1 fully saturated rings. The molecule has 7 nitrogen and oxygen atoms in total. The molecule has 1 unspecified atom stereocenters. The number of amides is 4.